The van der Waals surface area contributed by atoms with Crippen LogP contribution in [0, 0.1) is 10.1 Å². The van der Waals surface area contributed by atoms with Gasteiger partial charge in [-0.1, -0.05) is 0 Å². The Morgan fingerprint density at radius 1 is 1.35 bits per heavy atom. The van der Waals surface area contributed by atoms with Gasteiger partial charge in [-0.05, 0) is 12.1 Å². The number of ether oxygens (including phenoxy) is 1. The van der Waals surface area contributed by atoms with Crippen molar-refractivity contribution in [1.29, 1.82) is 0 Å². The summed E-state index contributed by atoms with van der Waals surface area (Å²) in [5.41, 5.74) is -1.39. The van der Waals surface area contributed by atoms with Crippen molar-refractivity contribution in [2.75, 3.05) is 7.11 Å². The Hall–Kier alpha value is -2.97. The van der Waals surface area contributed by atoms with Gasteiger partial charge in [0.05, 0.1) is 17.7 Å². The maximum atomic E-state index is 11.9. The molecular weight excluding hydrogens is 268 g/mol. The Balaban J connectivity index is 2.69. The van der Waals surface area contributed by atoms with E-state index in [1.54, 1.807) is 0 Å². The summed E-state index contributed by atoms with van der Waals surface area (Å²) in [6, 6.07) is 3.94. The van der Waals surface area contributed by atoms with Crippen LogP contribution < -0.4 is 16.0 Å². The van der Waals surface area contributed by atoms with Crippen molar-refractivity contribution < 1.29 is 9.66 Å². The molecule has 1 heterocycles. The number of nitro benzene ring substituents is 1. The lowest BCUT2D eigenvalue weighted by Crippen LogP contribution is -2.38. The molecule has 20 heavy (non-hydrogen) atoms. The van der Waals surface area contributed by atoms with Crippen LogP contribution in [-0.2, 0) is 7.05 Å². The lowest BCUT2D eigenvalue weighted by molar-refractivity contribution is -0.385. The molecule has 9 heteroatoms. The minimum Gasteiger partial charge on any atom is -0.490 e. The van der Waals surface area contributed by atoms with Gasteiger partial charge in [0, 0.05) is 13.1 Å². The average molecular weight is 278 g/mol. The molecule has 2 aromatic rings. The monoisotopic (exact) mass is 278 g/mol. The Kier molecular flexibility index (Phi) is 3.34. The van der Waals surface area contributed by atoms with Gasteiger partial charge in [-0.2, -0.15) is 9.78 Å². The molecule has 0 aliphatic heterocycles. The van der Waals surface area contributed by atoms with E-state index in [4.69, 9.17) is 4.74 Å². The highest BCUT2D eigenvalue weighted by atomic mass is 16.6. The van der Waals surface area contributed by atoms with E-state index >= 15 is 0 Å². The van der Waals surface area contributed by atoms with Crippen LogP contribution >= 0.6 is 0 Å². The first-order valence-electron chi connectivity index (χ1n) is 5.44. The number of benzene rings is 1. The van der Waals surface area contributed by atoms with Crippen molar-refractivity contribution in [3.05, 3.63) is 55.3 Å². The quantitative estimate of drug-likeness (QED) is 0.570. The maximum Gasteiger partial charge on any atom is 0.351 e. The molecule has 9 nitrogen and oxygen atoms in total. The molecule has 0 aliphatic carbocycles. The van der Waals surface area contributed by atoms with Crippen molar-refractivity contribution in [3.8, 4) is 11.4 Å². The van der Waals surface area contributed by atoms with Gasteiger partial charge < -0.3 is 4.74 Å². The fourth-order valence-corrected chi connectivity index (χ4v) is 1.61. The number of hydrogen-bond donors (Lipinski definition) is 0. The third kappa shape index (κ3) is 2.16. The highest BCUT2D eigenvalue weighted by Gasteiger charge is 2.17. The van der Waals surface area contributed by atoms with Gasteiger partial charge in [-0.25, -0.2) is 4.79 Å². The Labute approximate surface area is 111 Å². The molecule has 0 N–H and O–H groups in total. The number of methoxy groups -OCH3 is 1. The molecular formula is C11H10N4O5. The fourth-order valence-electron chi connectivity index (χ4n) is 1.61. The zero-order chi connectivity index (χ0) is 14.9. The van der Waals surface area contributed by atoms with Gasteiger partial charge in [0.1, 0.15) is 6.20 Å². The first-order valence-corrected chi connectivity index (χ1v) is 5.44. The second-order valence-corrected chi connectivity index (χ2v) is 3.85. The smallest absolute Gasteiger partial charge is 0.351 e. The van der Waals surface area contributed by atoms with Gasteiger partial charge in [0.25, 0.3) is 5.56 Å². The molecule has 0 amide bonds. The zero-order valence-electron chi connectivity index (χ0n) is 10.6. The van der Waals surface area contributed by atoms with Gasteiger partial charge in [-0.15, -0.1) is 0 Å². The molecule has 0 radical (unpaired) electrons. The highest BCUT2D eigenvalue weighted by molar-refractivity contribution is 5.53. The topological polar surface area (TPSA) is 109 Å². The summed E-state index contributed by atoms with van der Waals surface area (Å²) in [5, 5.41) is 14.6. The van der Waals surface area contributed by atoms with Crippen molar-refractivity contribution in [1.82, 2.24) is 14.3 Å². The van der Waals surface area contributed by atoms with Crippen LogP contribution in [0.2, 0.25) is 0 Å². The summed E-state index contributed by atoms with van der Waals surface area (Å²) < 4.78 is 6.61. The van der Waals surface area contributed by atoms with Crippen molar-refractivity contribution in [3.63, 3.8) is 0 Å². The van der Waals surface area contributed by atoms with Crippen molar-refractivity contribution in [2.24, 2.45) is 7.05 Å². The molecule has 0 saturated carbocycles. The summed E-state index contributed by atoms with van der Waals surface area (Å²) in [4.78, 5) is 33.4. The van der Waals surface area contributed by atoms with E-state index in [-0.39, 0.29) is 17.1 Å². The summed E-state index contributed by atoms with van der Waals surface area (Å²) in [5.74, 6) is 0.0663. The van der Waals surface area contributed by atoms with Crippen LogP contribution in [0.5, 0.6) is 5.75 Å². The second-order valence-electron chi connectivity index (χ2n) is 3.85. The fraction of sp³-hybridized carbons (Fsp3) is 0.182. The van der Waals surface area contributed by atoms with Gasteiger partial charge in [-0.3, -0.25) is 19.5 Å². The standard InChI is InChI=1S/C11H10N4O5/c1-13-10(16)6-12-14(11(13)17)7-3-4-9(20-2)8(5-7)15(18)19/h3-6H,1-2H3. The van der Waals surface area contributed by atoms with E-state index in [1.807, 2.05) is 0 Å². The highest BCUT2D eigenvalue weighted by Crippen LogP contribution is 2.28. The molecule has 1 aromatic carbocycles. The van der Waals surface area contributed by atoms with Crippen LogP contribution in [-0.4, -0.2) is 26.4 Å². The Morgan fingerprint density at radius 3 is 2.65 bits per heavy atom. The molecule has 0 atom stereocenters. The predicted molar refractivity (Wildman–Crippen MR) is 68.3 cm³/mol. The lowest BCUT2D eigenvalue weighted by Gasteiger charge is -2.07. The van der Waals surface area contributed by atoms with Crippen LogP contribution in [0.4, 0.5) is 5.69 Å². The van der Waals surface area contributed by atoms with Crippen molar-refractivity contribution in [2.45, 2.75) is 0 Å². The van der Waals surface area contributed by atoms with Crippen molar-refractivity contribution >= 4 is 5.69 Å². The number of rotatable bonds is 3. The van der Waals surface area contributed by atoms with Gasteiger partial charge in [0.2, 0.25) is 0 Å². The predicted octanol–water partition coefficient (Wildman–Crippen LogP) is -0.152. The first-order chi connectivity index (χ1) is 9.45. The SMILES string of the molecule is COc1ccc(-n2ncc(=O)n(C)c2=O)cc1[N+](=O)[O-]. The third-order valence-corrected chi connectivity index (χ3v) is 2.69. The van der Waals surface area contributed by atoms with Crippen LogP contribution in [0.1, 0.15) is 0 Å². The molecule has 0 spiro atoms. The molecule has 1 aromatic heterocycles. The first kappa shape index (κ1) is 13.5. The number of nitrogens with zero attached hydrogens (tertiary/aromatic N) is 4. The molecule has 104 valence electrons. The largest absolute Gasteiger partial charge is 0.490 e. The van der Waals surface area contributed by atoms with Gasteiger partial charge >= 0.3 is 11.4 Å². The number of aromatic nitrogens is 3. The minimum atomic E-state index is -0.697. The van der Waals surface area contributed by atoms with Crippen LogP contribution in [0.3, 0.4) is 0 Å². The third-order valence-electron chi connectivity index (χ3n) is 2.69. The normalized spacial score (nSPS) is 10.3. The maximum absolute atomic E-state index is 11.9. The molecule has 0 saturated heterocycles. The zero-order valence-corrected chi connectivity index (χ0v) is 10.6. The van der Waals surface area contributed by atoms with Gasteiger partial charge in [0.15, 0.2) is 5.75 Å². The van der Waals surface area contributed by atoms with E-state index in [1.165, 1.54) is 26.3 Å². The van der Waals surface area contributed by atoms with E-state index in [2.05, 4.69) is 5.10 Å². The summed E-state index contributed by atoms with van der Waals surface area (Å²) >= 11 is 0. The Bertz CT molecular complexity index is 792. The molecule has 0 bridgehead atoms. The second kappa shape index (κ2) is 4.96. The lowest BCUT2D eigenvalue weighted by atomic mass is 10.2. The van der Waals surface area contributed by atoms with Crippen LogP contribution in [0.15, 0.2) is 34.0 Å². The Morgan fingerprint density at radius 2 is 2.05 bits per heavy atom. The molecule has 2 rings (SSSR count). The van der Waals surface area contributed by atoms with Crippen LogP contribution in [0.25, 0.3) is 5.69 Å². The van der Waals surface area contributed by atoms with E-state index < -0.39 is 16.2 Å². The summed E-state index contributed by atoms with van der Waals surface area (Å²) in [6.07, 6.45) is 0.956. The van der Waals surface area contributed by atoms with E-state index in [0.29, 0.717) is 0 Å². The number of hydrogen-bond acceptors (Lipinski definition) is 6. The van der Waals surface area contributed by atoms with E-state index in [0.717, 1.165) is 21.5 Å². The number of nitro groups is 1. The summed E-state index contributed by atoms with van der Waals surface area (Å²) in [7, 11) is 2.60. The minimum absolute atomic E-state index is 0.0663. The molecule has 0 unspecified atom stereocenters. The van der Waals surface area contributed by atoms with E-state index in [9.17, 15) is 19.7 Å². The average Bonchev–Trinajstić information content (AvgIpc) is 2.44. The summed E-state index contributed by atoms with van der Waals surface area (Å²) in [6.45, 7) is 0. The molecule has 0 aliphatic rings. The molecule has 0 fully saturated rings.